The van der Waals surface area contributed by atoms with E-state index in [-0.39, 0.29) is 6.04 Å². The van der Waals surface area contributed by atoms with Crippen LogP contribution in [-0.2, 0) is 0 Å². The van der Waals surface area contributed by atoms with Crippen molar-refractivity contribution in [1.29, 1.82) is 0 Å². The lowest BCUT2D eigenvalue weighted by atomic mass is 10.2. The first kappa shape index (κ1) is 11.8. The van der Waals surface area contributed by atoms with Gasteiger partial charge in [-0.15, -0.1) is 22.7 Å². The maximum absolute atomic E-state index is 4.42. The predicted molar refractivity (Wildman–Crippen MR) is 71.3 cm³/mol. The summed E-state index contributed by atoms with van der Waals surface area (Å²) >= 11 is 3.50. The predicted octanol–water partition coefficient (Wildman–Crippen LogP) is 3.60. The van der Waals surface area contributed by atoms with Crippen LogP contribution >= 0.6 is 22.7 Å². The van der Waals surface area contributed by atoms with E-state index >= 15 is 0 Å². The van der Waals surface area contributed by atoms with Gasteiger partial charge in [0.05, 0.1) is 17.2 Å². The number of nitrogens with one attached hydrogen (secondary N) is 1. The molecule has 86 valence electrons. The summed E-state index contributed by atoms with van der Waals surface area (Å²) < 4.78 is 0. The van der Waals surface area contributed by atoms with Crippen LogP contribution in [0.3, 0.4) is 0 Å². The van der Waals surface area contributed by atoms with Crippen molar-refractivity contribution >= 4 is 22.7 Å². The van der Waals surface area contributed by atoms with Crippen LogP contribution in [0.25, 0.3) is 0 Å². The van der Waals surface area contributed by atoms with Gasteiger partial charge in [-0.25, -0.2) is 4.98 Å². The Balaban J connectivity index is 2.21. The smallest absolute Gasteiger partial charge is 0.0853 e. The molecule has 0 aliphatic rings. The number of nitrogens with zero attached hydrogens (tertiary/aromatic N) is 1. The Bertz CT molecular complexity index is 420. The normalized spacial score (nSPS) is 12.9. The maximum atomic E-state index is 4.42. The quantitative estimate of drug-likeness (QED) is 0.879. The first-order valence-electron chi connectivity index (χ1n) is 5.49. The summed E-state index contributed by atoms with van der Waals surface area (Å²) in [6.07, 6.45) is 1.14. The molecule has 2 heterocycles. The number of thiazole rings is 1. The van der Waals surface area contributed by atoms with Crippen molar-refractivity contribution < 1.29 is 0 Å². The molecule has 1 N–H and O–H groups in total. The highest BCUT2D eigenvalue weighted by molar-refractivity contribution is 7.12. The van der Waals surface area contributed by atoms with Gasteiger partial charge >= 0.3 is 0 Å². The highest BCUT2D eigenvalue weighted by Gasteiger charge is 2.16. The second-order valence-electron chi connectivity index (χ2n) is 3.75. The zero-order valence-corrected chi connectivity index (χ0v) is 11.2. The van der Waals surface area contributed by atoms with Gasteiger partial charge in [-0.1, -0.05) is 6.92 Å². The van der Waals surface area contributed by atoms with Gasteiger partial charge < -0.3 is 5.32 Å². The SMILES string of the molecule is CCCNC(c1cscn1)c1ccc(C)s1. The fraction of sp³-hybridized carbons (Fsp3) is 0.417. The number of thiophene rings is 1. The number of hydrogen-bond donors (Lipinski definition) is 1. The Morgan fingerprint density at radius 3 is 2.88 bits per heavy atom. The third-order valence-electron chi connectivity index (χ3n) is 2.39. The minimum atomic E-state index is 0.268. The molecule has 2 nitrogen and oxygen atoms in total. The van der Waals surface area contributed by atoms with Crippen LogP contribution in [0.2, 0.25) is 0 Å². The van der Waals surface area contributed by atoms with Gasteiger partial charge in [0.1, 0.15) is 0 Å². The second kappa shape index (κ2) is 5.57. The zero-order chi connectivity index (χ0) is 11.4. The van der Waals surface area contributed by atoms with Gasteiger partial charge in [0.15, 0.2) is 0 Å². The topological polar surface area (TPSA) is 24.9 Å². The van der Waals surface area contributed by atoms with E-state index in [9.17, 15) is 0 Å². The molecule has 0 amide bonds. The first-order valence-corrected chi connectivity index (χ1v) is 7.25. The summed E-state index contributed by atoms with van der Waals surface area (Å²) in [6, 6.07) is 4.64. The monoisotopic (exact) mass is 252 g/mol. The fourth-order valence-corrected chi connectivity index (χ4v) is 3.16. The van der Waals surface area contributed by atoms with E-state index in [0.717, 1.165) is 18.7 Å². The molecule has 2 aromatic heterocycles. The molecule has 0 fully saturated rings. The molecule has 0 aromatic carbocycles. The Morgan fingerprint density at radius 1 is 1.44 bits per heavy atom. The van der Waals surface area contributed by atoms with Gasteiger partial charge in [-0.05, 0) is 32.0 Å². The standard InChI is InChI=1S/C12H16N2S2/c1-3-6-13-12(10-7-15-8-14-10)11-5-4-9(2)16-11/h4-5,7-8,12-13H,3,6H2,1-2H3. The first-order chi connectivity index (χ1) is 7.81. The molecule has 0 saturated carbocycles. The van der Waals surface area contributed by atoms with Crippen molar-refractivity contribution in [2.75, 3.05) is 6.54 Å². The average molecular weight is 252 g/mol. The summed E-state index contributed by atoms with van der Waals surface area (Å²) in [7, 11) is 0. The van der Waals surface area contributed by atoms with E-state index in [0.29, 0.717) is 0 Å². The van der Waals surface area contributed by atoms with Crippen molar-refractivity contribution in [3.8, 4) is 0 Å². The lowest BCUT2D eigenvalue weighted by Gasteiger charge is -2.14. The second-order valence-corrected chi connectivity index (χ2v) is 5.79. The molecule has 0 spiro atoms. The van der Waals surface area contributed by atoms with Crippen molar-refractivity contribution in [3.63, 3.8) is 0 Å². The van der Waals surface area contributed by atoms with Gasteiger partial charge in [0.25, 0.3) is 0 Å². The van der Waals surface area contributed by atoms with Gasteiger partial charge in [0, 0.05) is 15.1 Å². The van der Waals surface area contributed by atoms with Crippen LogP contribution in [-0.4, -0.2) is 11.5 Å². The van der Waals surface area contributed by atoms with E-state index in [1.807, 2.05) is 16.8 Å². The molecule has 4 heteroatoms. The summed E-state index contributed by atoms with van der Waals surface area (Å²) in [4.78, 5) is 7.13. The van der Waals surface area contributed by atoms with Crippen LogP contribution in [0.4, 0.5) is 0 Å². The Labute approximate surface area is 104 Å². The van der Waals surface area contributed by atoms with E-state index in [4.69, 9.17) is 0 Å². The van der Waals surface area contributed by atoms with Crippen LogP contribution in [0.15, 0.2) is 23.0 Å². The van der Waals surface area contributed by atoms with Crippen LogP contribution in [0.1, 0.15) is 34.8 Å². The lowest BCUT2D eigenvalue weighted by Crippen LogP contribution is -2.22. The molecule has 0 radical (unpaired) electrons. The molecular weight excluding hydrogens is 236 g/mol. The van der Waals surface area contributed by atoms with Crippen LogP contribution < -0.4 is 5.32 Å². The third-order valence-corrected chi connectivity index (χ3v) is 4.06. The fourth-order valence-electron chi connectivity index (χ4n) is 1.61. The summed E-state index contributed by atoms with van der Waals surface area (Å²) in [6.45, 7) is 5.36. The average Bonchev–Trinajstić information content (AvgIpc) is 2.91. The summed E-state index contributed by atoms with van der Waals surface area (Å²) in [5.74, 6) is 0. The number of rotatable bonds is 5. The molecule has 0 aliphatic heterocycles. The summed E-state index contributed by atoms with van der Waals surface area (Å²) in [5, 5.41) is 5.68. The molecular formula is C12H16N2S2. The molecule has 16 heavy (non-hydrogen) atoms. The highest BCUT2D eigenvalue weighted by Crippen LogP contribution is 2.28. The van der Waals surface area contributed by atoms with Gasteiger partial charge in [-0.2, -0.15) is 0 Å². The largest absolute Gasteiger partial charge is 0.304 e. The Kier molecular flexibility index (Phi) is 4.09. The van der Waals surface area contributed by atoms with Crippen molar-refractivity contribution in [1.82, 2.24) is 10.3 Å². The Hall–Kier alpha value is -0.710. The van der Waals surface area contributed by atoms with Crippen molar-refractivity contribution in [3.05, 3.63) is 38.5 Å². The van der Waals surface area contributed by atoms with Crippen molar-refractivity contribution in [2.45, 2.75) is 26.3 Å². The molecule has 0 saturated heterocycles. The van der Waals surface area contributed by atoms with E-state index in [1.165, 1.54) is 9.75 Å². The van der Waals surface area contributed by atoms with Gasteiger partial charge in [0.2, 0.25) is 0 Å². The van der Waals surface area contributed by atoms with Gasteiger partial charge in [-0.3, -0.25) is 0 Å². The number of hydrogen-bond acceptors (Lipinski definition) is 4. The minimum Gasteiger partial charge on any atom is -0.304 e. The lowest BCUT2D eigenvalue weighted by molar-refractivity contribution is 0.596. The number of aromatic nitrogens is 1. The minimum absolute atomic E-state index is 0.268. The van der Waals surface area contributed by atoms with E-state index in [1.54, 1.807) is 11.3 Å². The molecule has 1 atom stereocenters. The van der Waals surface area contributed by atoms with Crippen LogP contribution in [0, 0.1) is 6.92 Å². The molecule has 0 aliphatic carbocycles. The van der Waals surface area contributed by atoms with Crippen molar-refractivity contribution in [2.24, 2.45) is 0 Å². The molecule has 2 rings (SSSR count). The molecule has 2 aromatic rings. The van der Waals surface area contributed by atoms with Crippen LogP contribution in [0.5, 0.6) is 0 Å². The third kappa shape index (κ3) is 2.70. The Morgan fingerprint density at radius 2 is 2.31 bits per heavy atom. The number of aryl methyl sites for hydroxylation is 1. The van der Waals surface area contributed by atoms with E-state index < -0.39 is 0 Å². The summed E-state index contributed by atoms with van der Waals surface area (Å²) in [5.41, 5.74) is 3.04. The highest BCUT2D eigenvalue weighted by atomic mass is 32.1. The van der Waals surface area contributed by atoms with E-state index in [2.05, 4.69) is 41.7 Å². The molecule has 1 unspecified atom stereocenters. The molecule has 0 bridgehead atoms. The maximum Gasteiger partial charge on any atom is 0.0853 e. The zero-order valence-electron chi connectivity index (χ0n) is 9.56.